The number of hydrogen-bond acceptors (Lipinski definition) is 6. The zero-order valence-corrected chi connectivity index (χ0v) is 14.0. The molecule has 2 rings (SSSR count). The summed E-state index contributed by atoms with van der Waals surface area (Å²) in [6, 6.07) is 11.6. The van der Waals surface area contributed by atoms with E-state index in [1.165, 1.54) is 50.4 Å². The van der Waals surface area contributed by atoms with Gasteiger partial charge in [0.2, 0.25) is 0 Å². The summed E-state index contributed by atoms with van der Waals surface area (Å²) in [7, 11) is -2.28. The van der Waals surface area contributed by atoms with Gasteiger partial charge in [0, 0.05) is 0 Å². The van der Waals surface area contributed by atoms with Crippen molar-refractivity contribution in [2.24, 2.45) is 0 Å². The van der Waals surface area contributed by atoms with E-state index in [1.807, 2.05) is 0 Å². The largest absolute Gasteiger partial charge is 0.465 e. The van der Waals surface area contributed by atoms with Gasteiger partial charge in [0.05, 0.1) is 28.9 Å². The molecule has 0 aliphatic heterocycles. The third-order valence-electron chi connectivity index (χ3n) is 3.31. The van der Waals surface area contributed by atoms with Crippen LogP contribution in [0.25, 0.3) is 0 Å². The lowest BCUT2D eigenvalue weighted by atomic mass is 10.2. The zero-order chi connectivity index (χ0) is 17.7. The average Bonchev–Trinajstić information content (AvgIpc) is 2.61. The first-order chi connectivity index (χ1) is 11.4. The SMILES string of the molecule is CCS(=O)(=O)c1ccccc1C(=O)Oc1ccc(C(=O)OC)cc1. The van der Waals surface area contributed by atoms with Crippen molar-refractivity contribution in [3.05, 3.63) is 59.7 Å². The van der Waals surface area contributed by atoms with Gasteiger partial charge in [0.1, 0.15) is 5.75 Å². The van der Waals surface area contributed by atoms with Crippen LogP contribution in [0.2, 0.25) is 0 Å². The highest BCUT2D eigenvalue weighted by Crippen LogP contribution is 2.20. The molecule has 0 unspecified atom stereocenters. The van der Waals surface area contributed by atoms with Crippen LogP contribution >= 0.6 is 0 Å². The Bertz CT molecular complexity index is 853. The molecule has 0 atom stereocenters. The summed E-state index contributed by atoms with van der Waals surface area (Å²) in [5, 5.41) is 0. The van der Waals surface area contributed by atoms with Gasteiger partial charge < -0.3 is 9.47 Å². The summed E-state index contributed by atoms with van der Waals surface area (Å²) < 4.78 is 33.9. The van der Waals surface area contributed by atoms with Crippen LogP contribution in [-0.4, -0.2) is 33.2 Å². The van der Waals surface area contributed by atoms with Crippen molar-refractivity contribution in [2.45, 2.75) is 11.8 Å². The molecule has 0 bridgehead atoms. The van der Waals surface area contributed by atoms with Gasteiger partial charge in [-0.05, 0) is 36.4 Å². The minimum Gasteiger partial charge on any atom is -0.465 e. The molecule has 0 fully saturated rings. The number of ether oxygens (including phenoxy) is 2. The van der Waals surface area contributed by atoms with E-state index in [9.17, 15) is 18.0 Å². The fraction of sp³-hybridized carbons (Fsp3) is 0.176. The Morgan fingerprint density at radius 3 is 2.17 bits per heavy atom. The maximum Gasteiger partial charge on any atom is 0.344 e. The molecule has 2 aromatic carbocycles. The van der Waals surface area contributed by atoms with Gasteiger partial charge >= 0.3 is 11.9 Å². The molecular weight excluding hydrogens is 332 g/mol. The van der Waals surface area contributed by atoms with E-state index in [2.05, 4.69) is 4.74 Å². The molecule has 0 spiro atoms. The summed E-state index contributed by atoms with van der Waals surface area (Å²) >= 11 is 0. The number of hydrogen-bond donors (Lipinski definition) is 0. The predicted octanol–water partition coefficient (Wildman–Crippen LogP) is 2.49. The second-order valence-corrected chi connectivity index (χ2v) is 7.05. The van der Waals surface area contributed by atoms with Gasteiger partial charge in [-0.3, -0.25) is 0 Å². The molecule has 0 radical (unpaired) electrons. The molecule has 0 aromatic heterocycles. The number of sulfone groups is 1. The molecule has 0 aliphatic carbocycles. The fourth-order valence-corrected chi connectivity index (χ4v) is 3.08. The Kier molecular flexibility index (Phi) is 5.35. The van der Waals surface area contributed by atoms with Crippen molar-refractivity contribution in [3.8, 4) is 5.75 Å². The number of carbonyl (C=O) groups is 2. The minimum absolute atomic E-state index is 0.0311. The maximum atomic E-state index is 12.3. The molecule has 0 N–H and O–H groups in total. The Hall–Kier alpha value is -2.67. The van der Waals surface area contributed by atoms with Crippen LogP contribution in [0.4, 0.5) is 0 Å². The summed E-state index contributed by atoms with van der Waals surface area (Å²) in [5.41, 5.74) is 0.280. The molecule has 24 heavy (non-hydrogen) atoms. The molecule has 0 heterocycles. The summed E-state index contributed by atoms with van der Waals surface area (Å²) in [5.74, 6) is -1.22. The molecular formula is C17H16O6S. The van der Waals surface area contributed by atoms with E-state index in [0.29, 0.717) is 5.56 Å². The zero-order valence-electron chi connectivity index (χ0n) is 13.2. The molecule has 6 nitrogen and oxygen atoms in total. The van der Waals surface area contributed by atoms with Crippen molar-refractivity contribution in [1.29, 1.82) is 0 Å². The molecule has 126 valence electrons. The highest BCUT2D eigenvalue weighted by molar-refractivity contribution is 7.91. The molecule has 0 amide bonds. The fourth-order valence-electron chi connectivity index (χ4n) is 2.00. The van der Waals surface area contributed by atoms with Crippen molar-refractivity contribution in [1.82, 2.24) is 0 Å². The van der Waals surface area contributed by atoms with E-state index in [1.54, 1.807) is 12.1 Å². The van der Waals surface area contributed by atoms with Gasteiger partial charge in [0.15, 0.2) is 9.84 Å². The Labute approximate surface area is 139 Å². The molecule has 7 heteroatoms. The second kappa shape index (κ2) is 7.27. The van der Waals surface area contributed by atoms with Crippen LogP contribution in [0.3, 0.4) is 0 Å². The van der Waals surface area contributed by atoms with Crippen LogP contribution < -0.4 is 4.74 Å². The van der Waals surface area contributed by atoms with Crippen molar-refractivity contribution >= 4 is 21.8 Å². The quantitative estimate of drug-likeness (QED) is 0.609. The van der Waals surface area contributed by atoms with Crippen LogP contribution in [0, 0.1) is 0 Å². The predicted molar refractivity (Wildman–Crippen MR) is 86.9 cm³/mol. The molecule has 0 aliphatic rings. The number of benzene rings is 2. The third-order valence-corrected chi connectivity index (χ3v) is 5.09. The Morgan fingerprint density at radius 1 is 0.958 bits per heavy atom. The monoisotopic (exact) mass is 348 g/mol. The normalized spacial score (nSPS) is 10.9. The van der Waals surface area contributed by atoms with Crippen LogP contribution in [0.1, 0.15) is 27.6 Å². The van der Waals surface area contributed by atoms with Gasteiger partial charge in [-0.1, -0.05) is 19.1 Å². The van der Waals surface area contributed by atoms with E-state index in [-0.39, 0.29) is 22.0 Å². The highest BCUT2D eigenvalue weighted by atomic mass is 32.2. The van der Waals surface area contributed by atoms with Crippen LogP contribution in [0.15, 0.2) is 53.4 Å². The third kappa shape index (κ3) is 3.80. The highest BCUT2D eigenvalue weighted by Gasteiger charge is 2.22. The van der Waals surface area contributed by atoms with Gasteiger partial charge in [-0.25, -0.2) is 18.0 Å². The smallest absolute Gasteiger partial charge is 0.344 e. The first-order valence-corrected chi connectivity index (χ1v) is 8.76. The van der Waals surface area contributed by atoms with Crippen molar-refractivity contribution < 1.29 is 27.5 Å². The number of carbonyl (C=O) groups excluding carboxylic acids is 2. The van der Waals surface area contributed by atoms with E-state index >= 15 is 0 Å². The molecule has 0 saturated heterocycles. The number of rotatable bonds is 5. The lowest BCUT2D eigenvalue weighted by Crippen LogP contribution is -2.15. The number of esters is 2. The van der Waals surface area contributed by atoms with Gasteiger partial charge in [-0.2, -0.15) is 0 Å². The maximum absolute atomic E-state index is 12.3. The van der Waals surface area contributed by atoms with Gasteiger partial charge in [-0.15, -0.1) is 0 Å². The first kappa shape index (κ1) is 17.7. The number of methoxy groups -OCH3 is 1. The van der Waals surface area contributed by atoms with E-state index in [4.69, 9.17) is 4.74 Å². The molecule has 0 saturated carbocycles. The topological polar surface area (TPSA) is 86.7 Å². The molecule has 2 aromatic rings. The van der Waals surface area contributed by atoms with Crippen molar-refractivity contribution in [3.63, 3.8) is 0 Å². The van der Waals surface area contributed by atoms with Crippen LogP contribution in [0.5, 0.6) is 5.75 Å². The summed E-state index contributed by atoms with van der Waals surface area (Å²) in [6.45, 7) is 1.50. The van der Waals surface area contributed by atoms with Crippen molar-refractivity contribution in [2.75, 3.05) is 12.9 Å². The Morgan fingerprint density at radius 2 is 1.58 bits per heavy atom. The van der Waals surface area contributed by atoms with E-state index < -0.39 is 21.8 Å². The minimum atomic E-state index is -3.55. The summed E-state index contributed by atoms with van der Waals surface area (Å²) in [4.78, 5) is 23.6. The lowest BCUT2D eigenvalue weighted by molar-refractivity contribution is 0.0600. The lowest BCUT2D eigenvalue weighted by Gasteiger charge is -2.09. The van der Waals surface area contributed by atoms with Gasteiger partial charge in [0.25, 0.3) is 0 Å². The Balaban J connectivity index is 2.27. The summed E-state index contributed by atoms with van der Waals surface area (Å²) in [6.07, 6.45) is 0. The first-order valence-electron chi connectivity index (χ1n) is 7.11. The van der Waals surface area contributed by atoms with E-state index in [0.717, 1.165) is 0 Å². The average molecular weight is 348 g/mol. The second-order valence-electron chi connectivity index (χ2n) is 4.81. The standard InChI is InChI=1S/C17H16O6S/c1-3-24(20,21)15-7-5-4-6-14(15)17(19)23-13-10-8-12(9-11-13)16(18)22-2/h4-11H,3H2,1-2H3. The van der Waals surface area contributed by atoms with Crippen LogP contribution in [-0.2, 0) is 14.6 Å².